The summed E-state index contributed by atoms with van der Waals surface area (Å²) in [5, 5.41) is 30.8. The molecule has 15 heteroatoms. The highest BCUT2D eigenvalue weighted by molar-refractivity contribution is 7.13. The number of aromatic nitrogens is 2. The fourth-order valence-electron chi connectivity index (χ4n) is 5.41. The fraction of sp³-hybridized carbons (Fsp3) is 0.263. The summed E-state index contributed by atoms with van der Waals surface area (Å²) in [6, 6.07) is 20.5. The first-order chi connectivity index (χ1) is 25.3. The molecule has 3 atom stereocenters. The molecule has 2 unspecified atom stereocenters. The lowest BCUT2D eigenvalue weighted by atomic mass is 9.94. The van der Waals surface area contributed by atoms with Crippen molar-refractivity contribution in [2.45, 2.75) is 51.1 Å². The third-order valence-corrected chi connectivity index (χ3v) is 10.6. The molecule has 0 saturated carbocycles. The Morgan fingerprint density at radius 3 is 2.15 bits per heavy atom. The van der Waals surface area contributed by atoms with Gasteiger partial charge in [0.2, 0.25) is 11.8 Å². The largest absolute Gasteiger partial charge is 0.491 e. The maximum absolute atomic E-state index is 12.8. The number of aliphatic carboxylic acids is 2. The lowest BCUT2D eigenvalue weighted by Crippen LogP contribution is -2.56. The van der Waals surface area contributed by atoms with Gasteiger partial charge in [-0.25, -0.2) is 19.6 Å². The van der Waals surface area contributed by atoms with Gasteiger partial charge in [0.25, 0.3) is 0 Å². The molecule has 0 saturated heterocycles. The van der Waals surface area contributed by atoms with Crippen LogP contribution in [0, 0.1) is 5.92 Å². The molecule has 276 valence electrons. The number of ether oxygens (including phenoxy) is 1. The molecule has 53 heavy (non-hydrogen) atoms. The van der Waals surface area contributed by atoms with E-state index in [1.165, 1.54) is 29.6 Å². The number of hydrogen-bond acceptors (Lipinski definition) is 9. The van der Waals surface area contributed by atoms with E-state index in [1.807, 2.05) is 37.3 Å². The van der Waals surface area contributed by atoms with Crippen LogP contribution in [-0.4, -0.2) is 62.1 Å². The maximum Gasteiger partial charge on any atom is 0.332 e. The molecule has 2 amide bonds. The van der Waals surface area contributed by atoms with Gasteiger partial charge < -0.3 is 25.6 Å². The molecule has 0 fully saturated rings. The van der Waals surface area contributed by atoms with Gasteiger partial charge in [-0.15, -0.1) is 22.7 Å². The van der Waals surface area contributed by atoms with Gasteiger partial charge in [-0.2, -0.15) is 0 Å². The van der Waals surface area contributed by atoms with Crippen molar-refractivity contribution in [1.82, 2.24) is 20.6 Å². The predicted octanol–water partition coefficient (Wildman–Crippen LogP) is 7.20. The average Bonchev–Trinajstić information content (AvgIpc) is 3.77. The zero-order chi connectivity index (χ0) is 38.1. The molecule has 4 N–H and O–H groups in total. The summed E-state index contributed by atoms with van der Waals surface area (Å²) < 4.78 is 5.78. The predicted molar refractivity (Wildman–Crippen MR) is 206 cm³/mol. The van der Waals surface area contributed by atoms with Gasteiger partial charge in [-0.3, -0.25) is 9.59 Å². The Bertz CT molecular complexity index is 2070. The van der Waals surface area contributed by atoms with Gasteiger partial charge in [0.05, 0.1) is 29.3 Å². The number of hydrogen-bond donors (Lipinski definition) is 4. The Kier molecular flexibility index (Phi) is 13.2. The second kappa shape index (κ2) is 17.8. The van der Waals surface area contributed by atoms with Gasteiger partial charge in [-0.05, 0) is 61.6 Å². The van der Waals surface area contributed by atoms with E-state index >= 15 is 0 Å². The van der Waals surface area contributed by atoms with Crippen LogP contribution in [0.3, 0.4) is 0 Å². The van der Waals surface area contributed by atoms with Gasteiger partial charge in [0.1, 0.15) is 28.4 Å². The molecule has 5 aromatic rings. The highest BCUT2D eigenvalue weighted by Crippen LogP contribution is 2.32. The van der Waals surface area contributed by atoms with Gasteiger partial charge in [0.15, 0.2) is 5.54 Å². The smallest absolute Gasteiger partial charge is 0.332 e. The lowest BCUT2D eigenvalue weighted by molar-refractivity contribution is -0.148. The van der Waals surface area contributed by atoms with Crippen molar-refractivity contribution < 1.29 is 34.1 Å². The number of nitrogens with one attached hydrogen (secondary N) is 2. The Labute approximate surface area is 324 Å². The van der Waals surface area contributed by atoms with E-state index in [1.54, 1.807) is 53.2 Å². The minimum absolute atomic E-state index is 0.0843. The van der Waals surface area contributed by atoms with Crippen molar-refractivity contribution in [2.75, 3.05) is 6.61 Å². The summed E-state index contributed by atoms with van der Waals surface area (Å²) >= 11 is 15.0. The zero-order valence-electron chi connectivity index (χ0n) is 28.7. The minimum Gasteiger partial charge on any atom is -0.491 e. The standard InChI is InChI=1S/C38H36Cl2N4O7S2/c1-22(15-31(36(47)48)43-32(45)17-26-20-53-35(42-26)29-13-10-25(39)16-30(29)40)14-23-8-11-28(12-9-23)51-21-38(2,37(49)50)44-33(46)18-27-19-52-34(41-27)24-6-4-3-5-7-24/h3-13,16,19-20,22,31H,14-15,17-18,21H2,1-2H3,(H,43,45)(H,44,46)(H,47,48)(H,49,50)/t22?,31-,38?/m1/s1. The van der Waals surface area contributed by atoms with Crippen LogP contribution in [0.25, 0.3) is 21.1 Å². The van der Waals surface area contributed by atoms with Crippen LogP contribution < -0.4 is 15.4 Å². The van der Waals surface area contributed by atoms with Crippen LogP contribution in [0.5, 0.6) is 5.75 Å². The third-order valence-electron chi connectivity index (χ3n) is 8.16. The molecule has 3 aromatic carbocycles. The number of thiazole rings is 2. The number of rotatable bonds is 17. The quantitative estimate of drug-likeness (QED) is 0.0761. The van der Waals surface area contributed by atoms with Crippen LogP contribution in [0.1, 0.15) is 37.2 Å². The number of amides is 2. The molecule has 0 spiro atoms. The van der Waals surface area contributed by atoms with E-state index in [0.29, 0.717) is 44.2 Å². The monoisotopic (exact) mass is 794 g/mol. The van der Waals surface area contributed by atoms with Crippen molar-refractivity contribution in [3.05, 3.63) is 111 Å². The first kappa shape index (κ1) is 39.4. The first-order valence-corrected chi connectivity index (χ1v) is 19.0. The molecule has 5 rings (SSSR count). The Balaban J connectivity index is 1.09. The van der Waals surface area contributed by atoms with Gasteiger partial charge in [0, 0.05) is 26.9 Å². The normalized spacial score (nSPS) is 13.4. The van der Waals surface area contributed by atoms with Crippen LogP contribution in [0.2, 0.25) is 10.0 Å². The van der Waals surface area contributed by atoms with Crippen molar-refractivity contribution in [2.24, 2.45) is 5.92 Å². The summed E-state index contributed by atoms with van der Waals surface area (Å²) in [4.78, 5) is 58.8. The van der Waals surface area contributed by atoms with E-state index in [9.17, 15) is 29.4 Å². The van der Waals surface area contributed by atoms with E-state index < -0.39 is 35.3 Å². The second-order valence-corrected chi connectivity index (χ2v) is 15.3. The number of benzene rings is 3. The number of halogens is 2. The molecule has 0 aliphatic rings. The SMILES string of the molecule is CC(Cc1ccc(OCC(C)(NC(=O)Cc2csc(-c3ccccc3)n2)C(=O)O)cc1)C[C@@H](NC(=O)Cc1csc(-c2ccc(Cl)cc2Cl)n1)C(=O)O. The number of carbonyl (C=O) groups excluding carboxylic acids is 2. The summed E-state index contributed by atoms with van der Waals surface area (Å²) in [6.07, 6.45) is 0.530. The summed E-state index contributed by atoms with van der Waals surface area (Å²) in [6.45, 7) is 2.94. The lowest BCUT2D eigenvalue weighted by Gasteiger charge is -2.26. The molecule has 0 aliphatic heterocycles. The first-order valence-electron chi connectivity index (χ1n) is 16.5. The highest BCUT2D eigenvalue weighted by atomic mass is 35.5. The molecular weight excluding hydrogens is 759 g/mol. The fourth-order valence-corrected chi connectivity index (χ4v) is 7.65. The van der Waals surface area contributed by atoms with Crippen molar-refractivity contribution in [3.8, 4) is 26.9 Å². The molecule has 11 nitrogen and oxygen atoms in total. The van der Waals surface area contributed by atoms with E-state index in [2.05, 4.69) is 20.6 Å². The minimum atomic E-state index is -1.70. The third kappa shape index (κ3) is 11.1. The Hall–Kier alpha value is -4.82. The van der Waals surface area contributed by atoms with Crippen molar-refractivity contribution in [1.29, 1.82) is 0 Å². The van der Waals surface area contributed by atoms with Gasteiger partial charge >= 0.3 is 11.9 Å². The van der Waals surface area contributed by atoms with Crippen LogP contribution in [0.4, 0.5) is 0 Å². The Morgan fingerprint density at radius 2 is 1.51 bits per heavy atom. The summed E-state index contributed by atoms with van der Waals surface area (Å²) in [5.74, 6) is -3.07. The molecule has 2 aromatic heterocycles. The van der Waals surface area contributed by atoms with Crippen molar-refractivity contribution >= 4 is 69.6 Å². The molecule has 0 radical (unpaired) electrons. The molecule has 2 heterocycles. The number of carboxylic acid groups (broad SMARTS) is 2. The van der Waals surface area contributed by atoms with Crippen LogP contribution in [0.15, 0.2) is 83.6 Å². The topological polar surface area (TPSA) is 168 Å². The zero-order valence-corrected chi connectivity index (χ0v) is 31.8. The molecule has 0 aliphatic carbocycles. The van der Waals surface area contributed by atoms with E-state index in [0.717, 1.165) is 16.1 Å². The van der Waals surface area contributed by atoms with Crippen LogP contribution in [-0.2, 0) is 38.4 Å². The van der Waals surface area contributed by atoms with E-state index in [4.69, 9.17) is 27.9 Å². The molecular formula is C38H36Cl2N4O7S2. The number of nitrogens with zero attached hydrogens (tertiary/aromatic N) is 2. The van der Waals surface area contributed by atoms with E-state index in [-0.39, 0.29) is 31.8 Å². The Morgan fingerprint density at radius 1 is 0.868 bits per heavy atom. The highest BCUT2D eigenvalue weighted by Gasteiger charge is 2.36. The van der Waals surface area contributed by atoms with Crippen molar-refractivity contribution in [3.63, 3.8) is 0 Å². The summed E-state index contributed by atoms with van der Waals surface area (Å²) in [7, 11) is 0. The average molecular weight is 796 g/mol. The maximum atomic E-state index is 12.8. The van der Waals surface area contributed by atoms with Gasteiger partial charge in [-0.1, -0.05) is 72.6 Å². The number of carboxylic acids is 2. The molecule has 0 bridgehead atoms. The number of carbonyl (C=O) groups is 4. The second-order valence-electron chi connectivity index (χ2n) is 12.8. The summed E-state index contributed by atoms with van der Waals surface area (Å²) in [5.41, 5.74) is 1.84. The van der Waals surface area contributed by atoms with Crippen LogP contribution >= 0.6 is 45.9 Å².